The summed E-state index contributed by atoms with van der Waals surface area (Å²) in [5.74, 6) is 0. The van der Waals surface area contributed by atoms with Crippen molar-refractivity contribution in [1.82, 2.24) is 19.9 Å². The molecule has 10 rings (SSSR count). The number of fused-ring (bicyclic) bond motifs is 8. The van der Waals surface area contributed by atoms with E-state index in [1.807, 2.05) is 53.4 Å². The first-order valence-corrected chi connectivity index (χ1v) is 21.8. The lowest BCUT2D eigenvalue weighted by Gasteiger charge is -2.06. The average Bonchev–Trinajstić information content (AvgIpc) is 4.12. The highest BCUT2D eigenvalue weighted by molar-refractivity contribution is 7.85. The van der Waals surface area contributed by atoms with Gasteiger partial charge in [0.05, 0.1) is 27.7 Å². The van der Waals surface area contributed by atoms with Crippen molar-refractivity contribution >= 4 is 56.5 Å². The first-order valence-electron chi connectivity index (χ1n) is 20.4. The maximum atomic E-state index is 10.5. The van der Waals surface area contributed by atoms with Gasteiger partial charge in [0.2, 0.25) is 0 Å². The van der Waals surface area contributed by atoms with Gasteiger partial charge in [-0.15, -0.1) is 0 Å². The Kier molecular flexibility index (Phi) is 10.8. The number of nitrogens with one attached hydrogen (secondary N) is 2. The van der Waals surface area contributed by atoms with E-state index in [-0.39, 0.29) is 4.90 Å². The van der Waals surface area contributed by atoms with Crippen LogP contribution in [0, 0.1) is 6.92 Å². The number of pyridine rings is 4. The van der Waals surface area contributed by atoms with Crippen molar-refractivity contribution in [3.8, 4) is 44.5 Å². The van der Waals surface area contributed by atoms with Crippen LogP contribution in [-0.4, -0.2) is 32.9 Å². The van der Waals surface area contributed by atoms with Crippen LogP contribution in [0.3, 0.4) is 0 Å². The molecule has 0 fully saturated rings. The van der Waals surface area contributed by atoms with E-state index in [4.69, 9.17) is 14.5 Å². The van der Waals surface area contributed by atoms with Gasteiger partial charge < -0.3 is 9.97 Å². The number of benzene rings is 1. The molecule has 310 valence electrons. The fraction of sp³-hybridized carbons (Fsp3) is 0.0980. The molecule has 63 heavy (non-hydrogen) atoms. The Morgan fingerprint density at radius 3 is 0.905 bits per heavy atom. The summed E-state index contributed by atoms with van der Waals surface area (Å²) in [6.07, 6.45) is 25.2. The van der Waals surface area contributed by atoms with Crippen LogP contribution in [0.25, 0.3) is 90.9 Å². The van der Waals surface area contributed by atoms with Crippen LogP contribution in [0.2, 0.25) is 0 Å². The van der Waals surface area contributed by atoms with Crippen LogP contribution in [0.4, 0.5) is 0 Å². The van der Waals surface area contributed by atoms with Crippen molar-refractivity contribution in [3.63, 3.8) is 0 Å². The quantitative estimate of drug-likeness (QED) is 0.120. The second-order valence-corrected chi connectivity index (χ2v) is 17.2. The second-order valence-electron chi connectivity index (χ2n) is 15.8. The molecular formula is C51H46N8O3S+4. The molecule has 0 spiro atoms. The first kappa shape index (κ1) is 40.7. The van der Waals surface area contributed by atoms with Crippen molar-refractivity contribution < 1.29 is 31.2 Å². The van der Waals surface area contributed by atoms with Crippen molar-refractivity contribution in [2.75, 3.05) is 0 Å². The van der Waals surface area contributed by atoms with E-state index in [9.17, 15) is 8.42 Å². The molecule has 0 saturated carbocycles. The van der Waals surface area contributed by atoms with Crippen molar-refractivity contribution in [2.24, 2.45) is 28.2 Å². The Labute approximate surface area is 365 Å². The van der Waals surface area contributed by atoms with Crippen LogP contribution in [-0.2, 0) is 38.3 Å². The van der Waals surface area contributed by atoms with E-state index in [2.05, 4.69) is 157 Å². The van der Waals surface area contributed by atoms with E-state index in [1.165, 1.54) is 12.1 Å². The van der Waals surface area contributed by atoms with Gasteiger partial charge in [-0.3, -0.25) is 4.55 Å². The van der Waals surface area contributed by atoms with E-state index >= 15 is 0 Å². The normalized spacial score (nSPS) is 12.0. The van der Waals surface area contributed by atoms with Gasteiger partial charge >= 0.3 is 0 Å². The smallest absolute Gasteiger partial charge is 0.294 e. The Balaban J connectivity index is 0.000000402. The third-order valence-corrected chi connectivity index (χ3v) is 12.0. The summed E-state index contributed by atoms with van der Waals surface area (Å²) in [5.41, 5.74) is 16.8. The highest BCUT2D eigenvalue weighted by Gasteiger charge is 2.20. The van der Waals surface area contributed by atoms with E-state index < -0.39 is 10.1 Å². The lowest BCUT2D eigenvalue weighted by Crippen LogP contribution is -2.25. The number of hydrogen-bond donors (Lipinski definition) is 3. The Morgan fingerprint density at radius 1 is 0.413 bits per heavy atom. The maximum absolute atomic E-state index is 10.5. The summed E-state index contributed by atoms with van der Waals surface area (Å²) in [5, 5.41) is 0. The fourth-order valence-corrected chi connectivity index (χ4v) is 8.28. The van der Waals surface area contributed by atoms with E-state index in [1.54, 1.807) is 12.1 Å². The summed E-state index contributed by atoms with van der Waals surface area (Å²) in [6.45, 7) is 1.84. The van der Waals surface area contributed by atoms with Crippen LogP contribution in [0.15, 0.2) is 152 Å². The van der Waals surface area contributed by atoms with Crippen LogP contribution in [0.1, 0.15) is 28.3 Å². The third kappa shape index (κ3) is 8.50. The molecule has 2 aliphatic rings. The molecule has 8 aromatic rings. The second kappa shape index (κ2) is 16.7. The van der Waals surface area contributed by atoms with Crippen molar-refractivity contribution in [2.45, 2.75) is 11.8 Å². The van der Waals surface area contributed by atoms with Crippen molar-refractivity contribution in [3.05, 3.63) is 175 Å². The van der Waals surface area contributed by atoms with Crippen LogP contribution in [0.5, 0.6) is 0 Å². The molecule has 0 aliphatic carbocycles. The number of aromatic nitrogens is 8. The molecule has 0 atom stereocenters. The van der Waals surface area contributed by atoms with Gasteiger partial charge in [-0.25, -0.2) is 28.2 Å². The molecule has 7 aromatic heterocycles. The zero-order chi connectivity index (χ0) is 43.8. The summed E-state index contributed by atoms with van der Waals surface area (Å²) in [7, 11) is 4.12. The topological polar surface area (TPSA) is 127 Å². The number of nitrogens with zero attached hydrogens (tertiary/aromatic N) is 6. The SMILES string of the molecule is C[n+]1ccc(-c2c3nc(c(-c4cc[n+](C)cc4)c4ccc([nH]4)c(-c4cc[n+](C)cc4)c4nc(c(-c5cc[n+](C)cc5)c5ccc2[nH]5)C=C4)C=C3)cc1.Cc1ccc(S(=O)(=O)O)cc1. The van der Waals surface area contributed by atoms with Gasteiger partial charge in [0.15, 0.2) is 49.6 Å². The Morgan fingerprint density at radius 2 is 0.667 bits per heavy atom. The molecule has 12 heteroatoms. The lowest BCUT2D eigenvalue weighted by molar-refractivity contribution is -0.671. The Hall–Kier alpha value is -7.67. The minimum absolute atomic E-state index is 0.0666. The number of aryl methyl sites for hydroxylation is 5. The standard InChI is InChI=1S/C44H37N8.C7H8O3S/c1-49-21-13-29(14-22-49)41-33-5-7-35(45-33)42(30-15-23-50(2)24-16-30)37-9-11-39(47-37)44(32-19-27-52(4)28-20-32)40-12-10-38(48-40)43(36-8-6-34(41)46-36)31-17-25-51(3)26-18-31;1-6-2-4-7(5-3-6)11(8,9)10/h5-28H,1-4H3,(H,45,46,47,48);2-5H,1H3,(H,8,9,10)/q+3;/p+1. The largest absolute Gasteiger partial charge is 0.354 e. The minimum Gasteiger partial charge on any atom is -0.354 e. The predicted molar refractivity (Wildman–Crippen MR) is 246 cm³/mol. The Bertz CT molecular complexity index is 3000. The maximum Gasteiger partial charge on any atom is 0.294 e. The van der Waals surface area contributed by atoms with Crippen molar-refractivity contribution in [1.29, 1.82) is 0 Å². The van der Waals surface area contributed by atoms with Crippen LogP contribution < -0.4 is 18.3 Å². The average molecular weight is 851 g/mol. The van der Waals surface area contributed by atoms with Gasteiger partial charge in [-0.2, -0.15) is 8.42 Å². The molecule has 2 aliphatic heterocycles. The number of hydrogen-bond acceptors (Lipinski definition) is 4. The fourth-order valence-electron chi connectivity index (χ4n) is 7.80. The van der Waals surface area contributed by atoms with Gasteiger partial charge in [-0.1, -0.05) is 17.7 Å². The molecule has 11 nitrogen and oxygen atoms in total. The number of rotatable bonds is 5. The zero-order valence-corrected chi connectivity index (χ0v) is 36.3. The van der Waals surface area contributed by atoms with Gasteiger partial charge in [0.25, 0.3) is 10.1 Å². The van der Waals surface area contributed by atoms with Crippen LogP contribution >= 0.6 is 0 Å². The van der Waals surface area contributed by atoms with Gasteiger partial charge in [0, 0.05) is 92.9 Å². The molecule has 0 amide bonds. The summed E-state index contributed by atoms with van der Waals surface area (Å²) in [4.78, 5) is 18.4. The first-order chi connectivity index (χ1) is 30.4. The zero-order valence-electron chi connectivity index (χ0n) is 35.5. The summed E-state index contributed by atoms with van der Waals surface area (Å²) < 4.78 is 37.8. The van der Waals surface area contributed by atoms with E-state index in [0.29, 0.717) is 0 Å². The molecule has 0 saturated heterocycles. The molecule has 0 radical (unpaired) electrons. The molecule has 9 heterocycles. The molecule has 1 aromatic carbocycles. The van der Waals surface area contributed by atoms with E-state index in [0.717, 1.165) is 94.9 Å². The number of H-pyrrole nitrogens is 2. The predicted octanol–water partition coefficient (Wildman–Crippen LogP) is 7.86. The lowest BCUT2D eigenvalue weighted by atomic mass is 10.0. The summed E-state index contributed by atoms with van der Waals surface area (Å²) in [6, 6.07) is 31.8. The highest BCUT2D eigenvalue weighted by Crippen LogP contribution is 2.38. The molecule has 8 bridgehead atoms. The molecular weight excluding hydrogens is 805 g/mol. The highest BCUT2D eigenvalue weighted by atomic mass is 32.2. The van der Waals surface area contributed by atoms with Gasteiger partial charge in [0.1, 0.15) is 28.2 Å². The van der Waals surface area contributed by atoms with Gasteiger partial charge in [-0.05, 0) is 89.9 Å². The minimum atomic E-state index is -4.02. The molecule has 3 N–H and O–H groups in total. The monoisotopic (exact) mass is 850 g/mol. The summed E-state index contributed by atoms with van der Waals surface area (Å²) >= 11 is 0. The third-order valence-electron chi connectivity index (χ3n) is 11.1. The molecule has 0 unspecified atom stereocenters. The number of aromatic amines is 2.